The van der Waals surface area contributed by atoms with Crippen LogP contribution < -0.4 is 15.5 Å². The Balaban J connectivity index is 1.64. The number of anilines is 1. The number of H-pyrrole nitrogens is 2. The first-order chi connectivity index (χ1) is 10.1. The third kappa shape index (κ3) is 2.85. The highest BCUT2D eigenvalue weighted by Crippen LogP contribution is 2.23. The molecular formula is C11H16N8OS. The molecule has 4 N–H and O–H groups in total. The van der Waals surface area contributed by atoms with Crippen LogP contribution in [0, 0.1) is 0 Å². The number of fused-ring (bicyclic) bond motifs is 1. The van der Waals surface area contributed by atoms with Gasteiger partial charge in [-0.15, -0.1) is 12.6 Å². The molecule has 0 aromatic carbocycles. The van der Waals surface area contributed by atoms with Gasteiger partial charge in [0.2, 0.25) is 0 Å². The minimum atomic E-state index is -0.399. The first kappa shape index (κ1) is 13.9. The van der Waals surface area contributed by atoms with E-state index in [1.807, 2.05) is 11.8 Å². The molecule has 112 valence electrons. The fourth-order valence-electron chi connectivity index (χ4n) is 2.19. The van der Waals surface area contributed by atoms with Crippen molar-refractivity contribution in [3.05, 3.63) is 23.9 Å². The highest BCUT2D eigenvalue weighted by Gasteiger charge is 2.31. The molecule has 0 radical (unpaired) electrons. The maximum Gasteiger partial charge on any atom is 0.273 e. The highest BCUT2D eigenvalue weighted by atomic mass is 32.1. The van der Waals surface area contributed by atoms with Gasteiger partial charge in [-0.05, 0) is 6.92 Å². The van der Waals surface area contributed by atoms with Gasteiger partial charge in [-0.2, -0.15) is 15.4 Å². The van der Waals surface area contributed by atoms with Crippen molar-refractivity contribution in [1.29, 1.82) is 0 Å². The predicted molar refractivity (Wildman–Crippen MR) is 78.9 cm³/mol. The number of rotatable bonds is 5. The summed E-state index contributed by atoms with van der Waals surface area (Å²) in [5.74, 6) is 0.427. The maximum atomic E-state index is 11.8. The molecule has 2 aromatic rings. The van der Waals surface area contributed by atoms with Gasteiger partial charge < -0.3 is 20.5 Å². The SMILES string of the molecule is CC(CN1c2nc[nH]c2C(=O)NC1S)NCc1cn[nH]n1. The number of carbonyl (C=O) groups is 1. The number of carbonyl (C=O) groups excluding carboxylic acids is 1. The number of nitrogens with zero attached hydrogens (tertiary/aromatic N) is 4. The number of hydrogen-bond acceptors (Lipinski definition) is 7. The van der Waals surface area contributed by atoms with Gasteiger partial charge in [0.05, 0.1) is 18.2 Å². The molecule has 0 bridgehead atoms. The lowest BCUT2D eigenvalue weighted by Crippen LogP contribution is -2.53. The summed E-state index contributed by atoms with van der Waals surface area (Å²) < 4.78 is 0. The van der Waals surface area contributed by atoms with Gasteiger partial charge in [0.15, 0.2) is 5.82 Å². The van der Waals surface area contributed by atoms with E-state index in [1.165, 1.54) is 6.33 Å². The predicted octanol–water partition coefficient (Wildman–Crippen LogP) is -0.531. The molecule has 0 aliphatic carbocycles. The van der Waals surface area contributed by atoms with Crippen LogP contribution in [0.15, 0.2) is 12.5 Å². The molecule has 1 aliphatic heterocycles. The Bertz CT molecular complexity index is 612. The molecule has 21 heavy (non-hydrogen) atoms. The van der Waals surface area contributed by atoms with Crippen LogP contribution in [0.25, 0.3) is 0 Å². The Morgan fingerprint density at radius 2 is 2.43 bits per heavy atom. The fourth-order valence-corrected chi connectivity index (χ4v) is 2.51. The second-order valence-electron chi connectivity index (χ2n) is 4.84. The fraction of sp³-hybridized carbons (Fsp3) is 0.455. The quantitative estimate of drug-likeness (QED) is 0.474. The van der Waals surface area contributed by atoms with Crippen molar-refractivity contribution < 1.29 is 4.79 Å². The molecule has 2 unspecified atom stereocenters. The Morgan fingerprint density at radius 3 is 3.19 bits per heavy atom. The van der Waals surface area contributed by atoms with Gasteiger partial charge in [0.25, 0.3) is 5.91 Å². The average molecular weight is 308 g/mol. The number of nitrogens with one attached hydrogen (secondary N) is 4. The first-order valence-electron chi connectivity index (χ1n) is 6.52. The van der Waals surface area contributed by atoms with Crippen molar-refractivity contribution in [2.75, 3.05) is 11.4 Å². The molecule has 10 heteroatoms. The van der Waals surface area contributed by atoms with Crippen LogP contribution in [0.1, 0.15) is 23.1 Å². The van der Waals surface area contributed by atoms with Crippen LogP contribution in [0.2, 0.25) is 0 Å². The third-order valence-corrected chi connectivity index (χ3v) is 3.65. The second kappa shape index (κ2) is 5.74. The topological polar surface area (TPSA) is 115 Å². The lowest BCUT2D eigenvalue weighted by atomic mass is 10.2. The van der Waals surface area contributed by atoms with E-state index in [0.717, 1.165) is 5.69 Å². The zero-order valence-electron chi connectivity index (χ0n) is 11.4. The highest BCUT2D eigenvalue weighted by molar-refractivity contribution is 7.81. The Kier molecular flexibility index (Phi) is 3.80. The van der Waals surface area contributed by atoms with E-state index in [4.69, 9.17) is 0 Å². The lowest BCUT2D eigenvalue weighted by molar-refractivity contribution is 0.0937. The summed E-state index contributed by atoms with van der Waals surface area (Å²) in [5, 5.41) is 16.4. The van der Waals surface area contributed by atoms with Crippen molar-refractivity contribution >= 4 is 24.4 Å². The monoisotopic (exact) mass is 308 g/mol. The van der Waals surface area contributed by atoms with E-state index in [9.17, 15) is 4.79 Å². The largest absolute Gasteiger partial charge is 0.339 e. The van der Waals surface area contributed by atoms with E-state index < -0.39 is 5.50 Å². The van der Waals surface area contributed by atoms with Crippen LogP contribution >= 0.6 is 12.6 Å². The average Bonchev–Trinajstić information content (AvgIpc) is 3.12. The van der Waals surface area contributed by atoms with E-state index in [-0.39, 0.29) is 11.9 Å². The molecule has 2 atom stereocenters. The Hall–Kier alpha value is -2.07. The standard InChI is InChI=1S/C11H16N8OS/c1-6(12-2-7-3-15-18-17-7)4-19-9-8(13-5-14-9)10(20)16-11(19)21/h3,5-6,11-12,21H,2,4H2,1H3,(H,13,14)(H,16,20)(H,15,17,18). The molecule has 0 spiro atoms. The normalized spacial score (nSPS) is 19.2. The Morgan fingerprint density at radius 1 is 1.57 bits per heavy atom. The molecule has 9 nitrogen and oxygen atoms in total. The van der Waals surface area contributed by atoms with Crippen LogP contribution in [-0.2, 0) is 6.54 Å². The molecular weight excluding hydrogens is 292 g/mol. The summed E-state index contributed by atoms with van der Waals surface area (Å²) in [5.41, 5.74) is 0.908. The van der Waals surface area contributed by atoms with E-state index in [1.54, 1.807) is 6.20 Å². The van der Waals surface area contributed by atoms with Crippen LogP contribution in [0.5, 0.6) is 0 Å². The molecule has 1 amide bonds. The lowest BCUT2D eigenvalue weighted by Gasteiger charge is -2.35. The molecule has 3 rings (SSSR count). The summed E-state index contributed by atoms with van der Waals surface area (Å²) in [4.78, 5) is 20.8. The summed E-state index contributed by atoms with van der Waals surface area (Å²) in [6.45, 7) is 3.30. The van der Waals surface area contributed by atoms with Gasteiger partial charge in [-0.25, -0.2) is 4.98 Å². The smallest absolute Gasteiger partial charge is 0.273 e. The minimum Gasteiger partial charge on any atom is -0.339 e. The van der Waals surface area contributed by atoms with Gasteiger partial charge in [0.1, 0.15) is 11.2 Å². The van der Waals surface area contributed by atoms with Crippen molar-refractivity contribution in [2.45, 2.75) is 25.0 Å². The first-order valence-corrected chi connectivity index (χ1v) is 7.03. The summed E-state index contributed by atoms with van der Waals surface area (Å²) in [6, 6.07) is 0.149. The van der Waals surface area contributed by atoms with Crippen molar-refractivity contribution in [2.24, 2.45) is 0 Å². The van der Waals surface area contributed by atoms with Crippen molar-refractivity contribution in [3.63, 3.8) is 0 Å². The zero-order chi connectivity index (χ0) is 14.8. The van der Waals surface area contributed by atoms with Crippen molar-refractivity contribution in [1.82, 2.24) is 36.0 Å². The van der Waals surface area contributed by atoms with Crippen LogP contribution in [0.4, 0.5) is 5.82 Å². The summed E-state index contributed by atoms with van der Waals surface area (Å²) in [6.07, 6.45) is 3.19. The Labute approximate surface area is 126 Å². The number of amides is 1. The van der Waals surface area contributed by atoms with Gasteiger partial charge in [-0.1, -0.05) is 0 Å². The number of aromatic nitrogens is 5. The number of hydrogen-bond donors (Lipinski definition) is 5. The molecule has 0 fully saturated rings. The molecule has 0 saturated heterocycles. The minimum absolute atomic E-state index is 0.149. The van der Waals surface area contributed by atoms with Crippen LogP contribution in [-0.4, -0.2) is 49.4 Å². The zero-order valence-corrected chi connectivity index (χ0v) is 12.3. The number of aromatic amines is 2. The second-order valence-corrected chi connectivity index (χ2v) is 5.33. The summed E-state index contributed by atoms with van der Waals surface area (Å²) >= 11 is 4.40. The number of imidazole rings is 1. The maximum absolute atomic E-state index is 11.8. The molecule has 3 heterocycles. The van der Waals surface area contributed by atoms with E-state index >= 15 is 0 Å². The van der Waals surface area contributed by atoms with E-state index in [0.29, 0.717) is 24.6 Å². The molecule has 2 aromatic heterocycles. The number of thiol groups is 1. The van der Waals surface area contributed by atoms with Gasteiger partial charge in [0, 0.05) is 19.1 Å². The van der Waals surface area contributed by atoms with E-state index in [2.05, 4.69) is 48.6 Å². The van der Waals surface area contributed by atoms with Crippen molar-refractivity contribution in [3.8, 4) is 0 Å². The van der Waals surface area contributed by atoms with Crippen LogP contribution in [0.3, 0.4) is 0 Å². The molecule has 1 aliphatic rings. The molecule has 0 saturated carbocycles. The summed E-state index contributed by atoms with van der Waals surface area (Å²) in [7, 11) is 0. The van der Waals surface area contributed by atoms with Gasteiger partial charge >= 0.3 is 0 Å². The third-order valence-electron chi connectivity index (χ3n) is 3.24. The van der Waals surface area contributed by atoms with Gasteiger partial charge in [-0.3, -0.25) is 4.79 Å².